The van der Waals surface area contributed by atoms with Gasteiger partial charge in [0.2, 0.25) is 5.91 Å². The molecular formula is C17H25N3O5S. The molecule has 0 saturated carbocycles. The number of benzene rings is 1. The van der Waals surface area contributed by atoms with Gasteiger partial charge < -0.3 is 10.2 Å². The van der Waals surface area contributed by atoms with Crippen molar-refractivity contribution in [2.24, 2.45) is 0 Å². The number of nitro groups is 1. The predicted molar refractivity (Wildman–Crippen MR) is 99.9 cm³/mol. The average Bonchev–Trinajstić information content (AvgIpc) is 2.95. The molecule has 26 heavy (non-hydrogen) atoms. The van der Waals surface area contributed by atoms with Crippen LogP contribution in [0.15, 0.2) is 24.3 Å². The number of carbonyl (C=O) groups excluding carboxylic acids is 1. The van der Waals surface area contributed by atoms with E-state index in [0.717, 1.165) is 12.8 Å². The SMILES string of the molecule is CCCCN(C(=O)CCNc1ccccc1[N+](=O)[O-])C1CCS(=O)(=O)C1. The molecule has 1 aromatic rings. The number of hydrogen-bond donors (Lipinski definition) is 1. The monoisotopic (exact) mass is 383 g/mol. The highest BCUT2D eigenvalue weighted by atomic mass is 32.2. The third-order valence-electron chi connectivity index (χ3n) is 4.48. The molecule has 0 spiro atoms. The number of para-hydroxylation sites is 2. The van der Waals surface area contributed by atoms with Crippen LogP contribution in [0.5, 0.6) is 0 Å². The Hall–Kier alpha value is -2.16. The smallest absolute Gasteiger partial charge is 0.292 e. The molecule has 0 aromatic heterocycles. The van der Waals surface area contributed by atoms with Crippen molar-refractivity contribution < 1.29 is 18.1 Å². The maximum Gasteiger partial charge on any atom is 0.292 e. The first-order valence-corrected chi connectivity index (χ1v) is 10.6. The largest absolute Gasteiger partial charge is 0.379 e. The van der Waals surface area contributed by atoms with E-state index in [0.29, 0.717) is 18.7 Å². The van der Waals surface area contributed by atoms with Gasteiger partial charge in [-0.2, -0.15) is 0 Å². The highest BCUT2D eigenvalue weighted by Crippen LogP contribution is 2.23. The fourth-order valence-corrected chi connectivity index (χ4v) is 4.82. The Bertz CT molecular complexity index is 751. The molecule has 1 N–H and O–H groups in total. The van der Waals surface area contributed by atoms with Gasteiger partial charge in [-0.1, -0.05) is 25.5 Å². The molecular weight excluding hydrogens is 358 g/mol. The van der Waals surface area contributed by atoms with Crippen molar-refractivity contribution in [1.29, 1.82) is 0 Å². The van der Waals surface area contributed by atoms with Crippen LogP contribution in [0.25, 0.3) is 0 Å². The lowest BCUT2D eigenvalue weighted by atomic mass is 10.1. The molecule has 0 radical (unpaired) electrons. The second-order valence-electron chi connectivity index (χ2n) is 6.45. The topological polar surface area (TPSA) is 110 Å². The lowest BCUT2D eigenvalue weighted by Gasteiger charge is -2.28. The quantitative estimate of drug-likeness (QED) is 0.517. The van der Waals surface area contributed by atoms with Crippen LogP contribution in [0.1, 0.15) is 32.6 Å². The summed E-state index contributed by atoms with van der Waals surface area (Å²) in [5, 5.41) is 13.9. The van der Waals surface area contributed by atoms with Gasteiger partial charge in [0.15, 0.2) is 9.84 Å². The summed E-state index contributed by atoms with van der Waals surface area (Å²) in [6.07, 6.45) is 2.37. The molecule has 2 rings (SSSR count). The molecule has 1 aliphatic heterocycles. The van der Waals surface area contributed by atoms with Crippen molar-refractivity contribution in [2.45, 2.75) is 38.6 Å². The standard InChI is InChI=1S/C17H25N3O5S/c1-2-3-11-19(14-9-12-26(24,25)13-14)17(21)8-10-18-15-6-4-5-7-16(15)20(22)23/h4-7,14,18H,2-3,8-13H2,1H3. The van der Waals surface area contributed by atoms with E-state index in [4.69, 9.17) is 0 Å². The van der Waals surface area contributed by atoms with E-state index < -0.39 is 14.8 Å². The maximum absolute atomic E-state index is 12.6. The number of carbonyl (C=O) groups is 1. The summed E-state index contributed by atoms with van der Waals surface area (Å²) in [5.41, 5.74) is 0.332. The van der Waals surface area contributed by atoms with Crippen molar-refractivity contribution in [3.05, 3.63) is 34.4 Å². The number of unbranched alkanes of at least 4 members (excludes halogenated alkanes) is 1. The summed E-state index contributed by atoms with van der Waals surface area (Å²) in [6.45, 7) is 2.82. The Morgan fingerprint density at radius 1 is 1.38 bits per heavy atom. The van der Waals surface area contributed by atoms with Crippen LogP contribution in [0.3, 0.4) is 0 Å². The van der Waals surface area contributed by atoms with Crippen molar-refractivity contribution in [1.82, 2.24) is 4.90 Å². The Labute approximate surface area is 153 Å². The van der Waals surface area contributed by atoms with Gasteiger partial charge in [0.25, 0.3) is 5.69 Å². The van der Waals surface area contributed by atoms with E-state index in [1.54, 1.807) is 23.1 Å². The van der Waals surface area contributed by atoms with Crippen LogP contribution in [0.2, 0.25) is 0 Å². The minimum atomic E-state index is -3.06. The molecule has 0 aliphatic carbocycles. The summed E-state index contributed by atoms with van der Waals surface area (Å²) in [7, 11) is -3.06. The van der Waals surface area contributed by atoms with Crippen LogP contribution in [0.4, 0.5) is 11.4 Å². The van der Waals surface area contributed by atoms with Gasteiger partial charge in [0.05, 0.1) is 16.4 Å². The molecule has 1 amide bonds. The normalized spacial score (nSPS) is 18.4. The second-order valence-corrected chi connectivity index (χ2v) is 8.68. The third kappa shape index (κ3) is 5.42. The molecule has 1 saturated heterocycles. The summed E-state index contributed by atoms with van der Waals surface area (Å²) < 4.78 is 23.5. The summed E-state index contributed by atoms with van der Waals surface area (Å²) >= 11 is 0. The Morgan fingerprint density at radius 2 is 2.12 bits per heavy atom. The number of nitrogens with zero attached hydrogens (tertiary/aromatic N) is 2. The predicted octanol–water partition coefficient (Wildman–Crippen LogP) is 2.21. The fourth-order valence-electron chi connectivity index (χ4n) is 3.09. The fraction of sp³-hybridized carbons (Fsp3) is 0.588. The van der Waals surface area contributed by atoms with Crippen molar-refractivity contribution in [3.63, 3.8) is 0 Å². The van der Waals surface area contributed by atoms with Gasteiger partial charge in [-0.25, -0.2) is 8.42 Å². The number of hydrogen-bond acceptors (Lipinski definition) is 6. The van der Waals surface area contributed by atoms with Crippen LogP contribution in [-0.2, 0) is 14.6 Å². The lowest BCUT2D eigenvalue weighted by molar-refractivity contribution is -0.384. The highest BCUT2D eigenvalue weighted by molar-refractivity contribution is 7.91. The zero-order valence-corrected chi connectivity index (χ0v) is 15.7. The van der Waals surface area contributed by atoms with Crippen molar-refractivity contribution in [2.75, 3.05) is 29.9 Å². The third-order valence-corrected chi connectivity index (χ3v) is 6.23. The second kappa shape index (κ2) is 8.98. The van der Waals surface area contributed by atoms with Gasteiger partial charge in [0.1, 0.15) is 5.69 Å². The summed E-state index contributed by atoms with van der Waals surface area (Å²) in [4.78, 5) is 24.8. The molecule has 1 aliphatic rings. The Balaban J connectivity index is 1.96. The molecule has 8 nitrogen and oxygen atoms in total. The number of rotatable bonds is 9. The number of sulfone groups is 1. The molecule has 1 fully saturated rings. The van der Waals surface area contributed by atoms with Crippen molar-refractivity contribution >= 4 is 27.1 Å². The molecule has 9 heteroatoms. The highest BCUT2D eigenvalue weighted by Gasteiger charge is 2.34. The average molecular weight is 383 g/mol. The number of anilines is 1. The number of amides is 1. The van der Waals surface area contributed by atoms with Gasteiger partial charge in [0, 0.05) is 31.6 Å². The Morgan fingerprint density at radius 3 is 2.73 bits per heavy atom. The van der Waals surface area contributed by atoms with Gasteiger partial charge in [-0.05, 0) is 18.9 Å². The lowest BCUT2D eigenvalue weighted by Crippen LogP contribution is -2.42. The number of nitrogens with one attached hydrogen (secondary N) is 1. The summed E-state index contributed by atoms with van der Waals surface area (Å²) in [5.74, 6) is 0.0360. The zero-order valence-electron chi connectivity index (χ0n) is 14.9. The first-order chi connectivity index (χ1) is 12.3. The van der Waals surface area contributed by atoms with Crippen molar-refractivity contribution in [3.8, 4) is 0 Å². The molecule has 1 unspecified atom stereocenters. The minimum absolute atomic E-state index is 0.0278. The van der Waals surface area contributed by atoms with E-state index in [-0.39, 0.29) is 42.1 Å². The Kier molecular flexibility index (Phi) is 6.96. The van der Waals surface area contributed by atoms with E-state index in [9.17, 15) is 23.3 Å². The first-order valence-electron chi connectivity index (χ1n) is 8.81. The van der Waals surface area contributed by atoms with Crippen LogP contribution < -0.4 is 5.32 Å². The maximum atomic E-state index is 12.6. The van der Waals surface area contributed by atoms with Gasteiger partial charge >= 0.3 is 0 Å². The van der Waals surface area contributed by atoms with E-state index in [2.05, 4.69) is 5.32 Å². The van der Waals surface area contributed by atoms with Crippen LogP contribution >= 0.6 is 0 Å². The van der Waals surface area contributed by atoms with E-state index in [1.165, 1.54) is 6.07 Å². The molecule has 144 valence electrons. The van der Waals surface area contributed by atoms with Gasteiger partial charge in [-0.15, -0.1) is 0 Å². The molecule has 1 heterocycles. The zero-order chi connectivity index (χ0) is 19.2. The first kappa shape index (κ1) is 20.2. The molecule has 0 bridgehead atoms. The van der Waals surface area contributed by atoms with E-state index in [1.807, 2.05) is 6.92 Å². The number of nitro benzene ring substituents is 1. The molecule has 1 aromatic carbocycles. The van der Waals surface area contributed by atoms with Crippen LogP contribution in [-0.4, -0.2) is 54.8 Å². The van der Waals surface area contributed by atoms with Crippen LogP contribution in [0, 0.1) is 10.1 Å². The summed E-state index contributed by atoms with van der Waals surface area (Å²) in [6, 6.07) is 6.02. The van der Waals surface area contributed by atoms with E-state index >= 15 is 0 Å². The van der Waals surface area contributed by atoms with Gasteiger partial charge in [-0.3, -0.25) is 14.9 Å². The minimum Gasteiger partial charge on any atom is -0.379 e. The molecule has 1 atom stereocenters.